The van der Waals surface area contributed by atoms with Crippen molar-refractivity contribution in [2.75, 3.05) is 0 Å². The SMILES string of the molecule is CC(C)Cc1ccc(O)c(O)c1.CC(C)Cc1ccc(O)c(O)c1.CC(C)Cc1ccc(O)c(O)c1.[Fe+3]. The van der Waals surface area contributed by atoms with Crippen molar-refractivity contribution in [1.82, 2.24) is 0 Å². The average Bonchev–Trinajstić information content (AvgIpc) is 2.76. The number of hydrogen-bond donors (Lipinski definition) is 6. The van der Waals surface area contributed by atoms with Crippen molar-refractivity contribution in [2.45, 2.75) is 60.8 Å². The summed E-state index contributed by atoms with van der Waals surface area (Å²) in [5.41, 5.74) is 3.17. The van der Waals surface area contributed by atoms with Crippen molar-refractivity contribution in [3.63, 3.8) is 0 Å². The average molecular weight is 555 g/mol. The van der Waals surface area contributed by atoms with Crippen molar-refractivity contribution in [3.05, 3.63) is 71.3 Å². The van der Waals surface area contributed by atoms with Crippen LogP contribution in [0.4, 0.5) is 0 Å². The smallest absolute Gasteiger partial charge is 0.504 e. The molecule has 0 atom stereocenters. The van der Waals surface area contributed by atoms with E-state index in [4.69, 9.17) is 30.6 Å². The van der Waals surface area contributed by atoms with Crippen LogP contribution in [0.3, 0.4) is 0 Å². The molecule has 0 amide bonds. The van der Waals surface area contributed by atoms with Gasteiger partial charge in [0.05, 0.1) is 0 Å². The summed E-state index contributed by atoms with van der Waals surface area (Å²) < 4.78 is 0. The second-order valence-corrected chi connectivity index (χ2v) is 10.3. The molecule has 3 aromatic rings. The molecule has 0 fully saturated rings. The summed E-state index contributed by atoms with van der Waals surface area (Å²) in [6.07, 6.45) is 2.77. The fourth-order valence-electron chi connectivity index (χ4n) is 3.50. The van der Waals surface area contributed by atoms with E-state index in [0.717, 1.165) is 36.0 Å². The van der Waals surface area contributed by atoms with Gasteiger partial charge in [-0.3, -0.25) is 0 Å². The predicted molar refractivity (Wildman–Crippen MR) is 145 cm³/mol. The van der Waals surface area contributed by atoms with Crippen LogP contribution in [0.1, 0.15) is 58.2 Å². The van der Waals surface area contributed by atoms with E-state index in [1.165, 1.54) is 18.2 Å². The van der Waals surface area contributed by atoms with E-state index in [0.29, 0.717) is 17.8 Å². The Morgan fingerprint density at radius 3 is 0.784 bits per heavy atom. The molecule has 37 heavy (non-hydrogen) atoms. The van der Waals surface area contributed by atoms with Gasteiger partial charge in [0.25, 0.3) is 0 Å². The van der Waals surface area contributed by atoms with Gasteiger partial charge in [-0.25, -0.2) is 0 Å². The molecule has 3 aromatic carbocycles. The van der Waals surface area contributed by atoms with Gasteiger partial charge in [0.2, 0.25) is 0 Å². The van der Waals surface area contributed by atoms with Crippen LogP contribution in [-0.2, 0) is 36.3 Å². The zero-order valence-corrected chi connectivity index (χ0v) is 23.7. The summed E-state index contributed by atoms with van der Waals surface area (Å²) in [6, 6.07) is 14.9. The summed E-state index contributed by atoms with van der Waals surface area (Å²) >= 11 is 0. The molecule has 0 bridgehead atoms. The third-order valence-corrected chi connectivity index (χ3v) is 5.05. The minimum absolute atomic E-state index is 0. The number of phenolic OH excluding ortho intramolecular Hbond substituents is 6. The molecule has 0 aliphatic carbocycles. The van der Waals surface area contributed by atoms with Crippen LogP contribution >= 0.6 is 0 Å². The number of benzene rings is 3. The van der Waals surface area contributed by atoms with Crippen molar-refractivity contribution in [2.24, 2.45) is 17.8 Å². The molecule has 6 N–H and O–H groups in total. The monoisotopic (exact) mass is 554 g/mol. The first-order valence-corrected chi connectivity index (χ1v) is 12.3. The number of rotatable bonds is 6. The van der Waals surface area contributed by atoms with E-state index in [2.05, 4.69) is 41.5 Å². The first kappa shape index (κ1) is 34.0. The molecule has 6 nitrogen and oxygen atoms in total. The molecule has 0 unspecified atom stereocenters. The van der Waals surface area contributed by atoms with Gasteiger partial charge in [-0.1, -0.05) is 59.7 Å². The molecule has 7 heteroatoms. The Hall–Kier alpha value is -3.02. The molecule has 1 radical (unpaired) electrons. The zero-order chi connectivity index (χ0) is 27.4. The first-order valence-electron chi connectivity index (χ1n) is 12.3. The van der Waals surface area contributed by atoms with Crippen LogP contribution in [-0.4, -0.2) is 30.6 Å². The molecule has 0 aliphatic heterocycles. The Morgan fingerprint density at radius 2 is 0.622 bits per heavy atom. The normalized spacial score (nSPS) is 10.3. The summed E-state index contributed by atoms with van der Waals surface area (Å²) in [4.78, 5) is 0. The zero-order valence-electron chi connectivity index (χ0n) is 22.6. The van der Waals surface area contributed by atoms with Crippen molar-refractivity contribution >= 4 is 0 Å². The van der Waals surface area contributed by atoms with Gasteiger partial charge in [-0.2, -0.15) is 0 Å². The molecule has 0 saturated carbocycles. The van der Waals surface area contributed by atoms with Gasteiger partial charge in [0, 0.05) is 0 Å². The second-order valence-electron chi connectivity index (χ2n) is 10.3. The van der Waals surface area contributed by atoms with E-state index in [-0.39, 0.29) is 51.6 Å². The molecular weight excluding hydrogens is 512 g/mol. The summed E-state index contributed by atoms with van der Waals surface area (Å²) in [7, 11) is 0. The van der Waals surface area contributed by atoms with Crippen LogP contribution in [0.2, 0.25) is 0 Å². The molecular formula is C30H42FeO6+3. The van der Waals surface area contributed by atoms with Crippen LogP contribution in [0.5, 0.6) is 34.5 Å². The largest absolute Gasteiger partial charge is 3.00 e. The molecule has 0 heterocycles. The van der Waals surface area contributed by atoms with Gasteiger partial charge in [-0.15, -0.1) is 0 Å². The standard InChI is InChI=1S/3C10H14O2.Fe/c3*1-7(2)5-8-3-4-9(11)10(12)6-8;/h3*3-4,6-7,11-12H,5H2,1-2H3;/q;;;+3. The van der Waals surface area contributed by atoms with Crippen LogP contribution in [0.15, 0.2) is 54.6 Å². The minimum atomic E-state index is -0.0532. The Balaban J connectivity index is 0.000000518. The van der Waals surface area contributed by atoms with Crippen LogP contribution in [0, 0.1) is 17.8 Å². The topological polar surface area (TPSA) is 121 Å². The van der Waals surface area contributed by atoms with E-state index in [9.17, 15) is 0 Å². The quantitative estimate of drug-likeness (QED) is 0.146. The van der Waals surface area contributed by atoms with Gasteiger partial charge in [0.15, 0.2) is 34.5 Å². The number of aromatic hydroxyl groups is 6. The van der Waals surface area contributed by atoms with E-state index in [1.54, 1.807) is 18.2 Å². The van der Waals surface area contributed by atoms with Crippen molar-refractivity contribution in [1.29, 1.82) is 0 Å². The Bertz CT molecular complexity index is 943. The summed E-state index contributed by atoms with van der Waals surface area (Å²) in [6.45, 7) is 12.7. The van der Waals surface area contributed by atoms with Crippen molar-refractivity contribution in [3.8, 4) is 34.5 Å². The Kier molecular flexibility index (Phi) is 15.3. The minimum Gasteiger partial charge on any atom is -0.504 e. The fraction of sp³-hybridized carbons (Fsp3) is 0.400. The maximum absolute atomic E-state index is 9.16. The van der Waals surface area contributed by atoms with E-state index in [1.807, 2.05) is 18.2 Å². The molecule has 0 spiro atoms. The third-order valence-electron chi connectivity index (χ3n) is 5.05. The first-order chi connectivity index (χ1) is 16.8. The van der Waals surface area contributed by atoms with Gasteiger partial charge in [0.1, 0.15) is 0 Å². The number of hydrogen-bond acceptors (Lipinski definition) is 6. The van der Waals surface area contributed by atoms with Gasteiger partial charge in [-0.05, 0) is 90.1 Å². The Morgan fingerprint density at radius 1 is 0.405 bits per heavy atom. The maximum Gasteiger partial charge on any atom is 3.00 e. The molecule has 0 saturated heterocycles. The summed E-state index contributed by atoms with van der Waals surface area (Å²) in [5, 5.41) is 54.6. The molecule has 0 aliphatic rings. The van der Waals surface area contributed by atoms with Gasteiger partial charge < -0.3 is 30.6 Å². The molecule has 3 rings (SSSR count). The van der Waals surface area contributed by atoms with E-state index >= 15 is 0 Å². The van der Waals surface area contributed by atoms with Crippen LogP contribution < -0.4 is 0 Å². The summed E-state index contributed by atoms with van der Waals surface area (Å²) in [5.74, 6) is 1.43. The molecule has 0 aromatic heterocycles. The predicted octanol–water partition coefficient (Wildman–Crippen LogP) is 6.89. The maximum atomic E-state index is 9.16. The van der Waals surface area contributed by atoms with Gasteiger partial charge >= 0.3 is 17.1 Å². The van der Waals surface area contributed by atoms with Crippen LogP contribution in [0.25, 0.3) is 0 Å². The number of phenols is 6. The molecule has 203 valence electrons. The van der Waals surface area contributed by atoms with Crippen molar-refractivity contribution < 1.29 is 47.7 Å². The Labute approximate surface area is 231 Å². The second kappa shape index (κ2) is 16.7. The fourth-order valence-corrected chi connectivity index (χ4v) is 3.50. The third kappa shape index (κ3) is 13.7. The van der Waals surface area contributed by atoms with E-state index < -0.39 is 0 Å².